The molecule has 3 rings (SSSR count). The predicted octanol–water partition coefficient (Wildman–Crippen LogP) is 7.85. The highest BCUT2D eigenvalue weighted by Crippen LogP contribution is 2.38. The largest absolute Gasteiger partial charge is 0.494 e. The predicted molar refractivity (Wildman–Crippen MR) is 114 cm³/mol. The molecule has 3 aromatic rings. The third kappa shape index (κ3) is 5.77. The number of alkyl halides is 2. The van der Waals surface area contributed by atoms with Crippen molar-refractivity contribution in [1.82, 2.24) is 0 Å². The number of benzene rings is 3. The third-order valence-corrected chi connectivity index (χ3v) is 4.54. The van der Waals surface area contributed by atoms with E-state index in [0.29, 0.717) is 24.3 Å². The molecule has 0 saturated carbocycles. The van der Waals surface area contributed by atoms with Gasteiger partial charge in [0.1, 0.15) is 28.8 Å². The standard InChI is InChI=1S/C25H18F6O2/c1-3-32-19-9-6-16(7-10-19)4-5-17-8-11-20(21(27)12-17)18-13-22(28)24(23(29)14-18)25(30,31)33-15(2)26/h4-14H,2-3H2,1H3/b5-4+. The van der Waals surface area contributed by atoms with Crippen LogP contribution in [0.5, 0.6) is 5.75 Å². The van der Waals surface area contributed by atoms with E-state index in [1.807, 2.05) is 19.1 Å². The van der Waals surface area contributed by atoms with Crippen molar-refractivity contribution >= 4 is 12.2 Å². The maximum Gasteiger partial charge on any atom is 0.434 e. The Bertz CT molecular complexity index is 1160. The van der Waals surface area contributed by atoms with Gasteiger partial charge >= 0.3 is 6.11 Å². The minimum absolute atomic E-state index is 0.211. The maximum absolute atomic E-state index is 14.6. The van der Waals surface area contributed by atoms with Crippen LogP contribution in [0.15, 0.2) is 67.2 Å². The van der Waals surface area contributed by atoms with Gasteiger partial charge in [0.25, 0.3) is 6.01 Å². The van der Waals surface area contributed by atoms with Crippen LogP contribution in [0.25, 0.3) is 23.3 Å². The molecule has 0 radical (unpaired) electrons. The molecule has 0 aliphatic carbocycles. The molecule has 0 spiro atoms. The molecule has 33 heavy (non-hydrogen) atoms. The number of hydrogen-bond donors (Lipinski definition) is 0. The summed E-state index contributed by atoms with van der Waals surface area (Å²) in [6.45, 7) is 4.90. The van der Waals surface area contributed by atoms with Gasteiger partial charge in [0.05, 0.1) is 6.61 Å². The van der Waals surface area contributed by atoms with Gasteiger partial charge in [0.15, 0.2) is 0 Å². The van der Waals surface area contributed by atoms with E-state index in [4.69, 9.17) is 4.74 Å². The molecule has 0 atom stereocenters. The molecule has 172 valence electrons. The first kappa shape index (κ1) is 24.0. The monoisotopic (exact) mass is 464 g/mol. The van der Waals surface area contributed by atoms with Gasteiger partial charge in [-0.05, 0) is 60.5 Å². The molecule has 8 heteroatoms. The van der Waals surface area contributed by atoms with Gasteiger partial charge in [0.2, 0.25) is 0 Å². The van der Waals surface area contributed by atoms with Gasteiger partial charge < -0.3 is 9.47 Å². The summed E-state index contributed by atoms with van der Waals surface area (Å²) in [5.41, 5.74) is -1.04. The SMILES string of the molecule is C=C(F)OC(F)(F)c1c(F)cc(-c2ccc(/C=C/c3ccc(OCC)cc3)cc2F)cc1F. The second-order valence-electron chi connectivity index (χ2n) is 6.86. The molecule has 0 saturated heterocycles. The summed E-state index contributed by atoms with van der Waals surface area (Å²) in [6.07, 6.45) is -1.26. The smallest absolute Gasteiger partial charge is 0.434 e. The Kier molecular flexibility index (Phi) is 7.16. The molecule has 0 aliphatic heterocycles. The average Bonchev–Trinajstić information content (AvgIpc) is 2.72. The van der Waals surface area contributed by atoms with Gasteiger partial charge in [0, 0.05) is 5.56 Å². The Morgan fingerprint density at radius 1 is 0.879 bits per heavy atom. The van der Waals surface area contributed by atoms with Crippen LogP contribution in [-0.2, 0) is 10.8 Å². The maximum atomic E-state index is 14.6. The molecule has 2 nitrogen and oxygen atoms in total. The Balaban J connectivity index is 1.85. The zero-order valence-electron chi connectivity index (χ0n) is 17.3. The summed E-state index contributed by atoms with van der Waals surface area (Å²) in [5, 5.41) is 0. The Morgan fingerprint density at radius 3 is 2.00 bits per heavy atom. The fraction of sp³-hybridized carbons (Fsp3) is 0.120. The molecular weight excluding hydrogens is 446 g/mol. The average molecular weight is 464 g/mol. The lowest BCUT2D eigenvalue weighted by molar-refractivity contribution is -0.238. The first-order valence-electron chi connectivity index (χ1n) is 9.72. The van der Waals surface area contributed by atoms with E-state index >= 15 is 0 Å². The van der Waals surface area contributed by atoms with Gasteiger partial charge in [-0.1, -0.05) is 36.4 Å². The second kappa shape index (κ2) is 9.85. The van der Waals surface area contributed by atoms with Crippen molar-refractivity contribution in [1.29, 1.82) is 0 Å². The molecule has 0 unspecified atom stereocenters. The first-order chi connectivity index (χ1) is 15.6. The van der Waals surface area contributed by atoms with E-state index < -0.39 is 35.1 Å². The minimum Gasteiger partial charge on any atom is -0.494 e. The third-order valence-electron chi connectivity index (χ3n) is 4.54. The fourth-order valence-corrected chi connectivity index (χ4v) is 3.10. The molecular formula is C25H18F6O2. The van der Waals surface area contributed by atoms with Crippen molar-refractivity contribution in [2.24, 2.45) is 0 Å². The Morgan fingerprint density at radius 2 is 1.45 bits per heavy atom. The number of halogens is 6. The van der Waals surface area contributed by atoms with Gasteiger partial charge in [-0.15, -0.1) is 0 Å². The lowest BCUT2D eigenvalue weighted by Gasteiger charge is -2.18. The molecule has 0 heterocycles. The molecule has 0 fully saturated rings. The minimum atomic E-state index is -4.63. The van der Waals surface area contributed by atoms with E-state index in [-0.39, 0.29) is 11.1 Å². The van der Waals surface area contributed by atoms with Crippen LogP contribution in [0, 0.1) is 17.5 Å². The van der Waals surface area contributed by atoms with Crippen LogP contribution in [0.1, 0.15) is 23.6 Å². The summed E-state index contributed by atoms with van der Waals surface area (Å²) in [4.78, 5) is 0. The summed E-state index contributed by atoms with van der Waals surface area (Å²) in [7, 11) is 0. The topological polar surface area (TPSA) is 18.5 Å². The van der Waals surface area contributed by atoms with Crippen molar-refractivity contribution in [2.45, 2.75) is 13.0 Å². The van der Waals surface area contributed by atoms with Crippen LogP contribution in [0.4, 0.5) is 26.3 Å². The number of rotatable bonds is 8. The van der Waals surface area contributed by atoms with E-state index in [9.17, 15) is 26.3 Å². The van der Waals surface area contributed by atoms with Crippen molar-refractivity contribution in [3.05, 3.63) is 101 Å². The molecule has 0 bridgehead atoms. The molecule has 0 amide bonds. The van der Waals surface area contributed by atoms with Crippen LogP contribution in [0.2, 0.25) is 0 Å². The molecule has 0 aliphatic rings. The lowest BCUT2D eigenvalue weighted by Crippen LogP contribution is -2.20. The zero-order chi connectivity index (χ0) is 24.2. The highest BCUT2D eigenvalue weighted by atomic mass is 19.3. The van der Waals surface area contributed by atoms with E-state index in [2.05, 4.69) is 11.3 Å². The van der Waals surface area contributed by atoms with Crippen molar-refractivity contribution in [3.8, 4) is 16.9 Å². The van der Waals surface area contributed by atoms with Crippen molar-refractivity contribution < 1.29 is 35.8 Å². The Labute approximate surface area is 186 Å². The fourth-order valence-electron chi connectivity index (χ4n) is 3.10. The van der Waals surface area contributed by atoms with Crippen LogP contribution >= 0.6 is 0 Å². The van der Waals surface area contributed by atoms with E-state index in [0.717, 1.165) is 17.4 Å². The van der Waals surface area contributed by atoms with Crippen LogP contribution < -0.4 is 4.74 Å². The summed E-state index contributed by atoms with van der Waals surface area (Å²) >= 11 is 0. The normalized spacial score (nSPS) is 11.6. The van der Waals surface area contributed by atoms with Gasteiger partial charge in [-0.3, -0.25) is 0 Å². The highest BCUT2D eigenvalue weighted by Gasteiger charge is 2.41. The summed E-state index contributed by atoms with van der Waals surface area (Å²) < 4.78 is 92.2. The van der Waals surface area contributed by atoms with Crippen molar-refractivity contribution in [2.75, 3.05) is 6.61 Å². The van der Waals surface area contributed by atoms with Crippen LogP contribution in [-0.4, -0.2) is 6.61 Å². The first-order valence-corrected chi connectivity index (χ1v) is 9.72. The second-order valence-corrected chi connectivity index (χ2v) is 6.86. The summed E-state index contributed by atoms with van der Waals surface area (Å²) in [6, 6.07) is 10.2. The van der Waals surface area contributed by atoms with E-state index in [1.54, 1.807) is 24.3 Å². The van der Waals surface area contributed by atoms with Crippen LogP contribution in [0.3, 0.4) is 0 Å². The van der Waals surface area contributed by atoms with Gasteiger partial charge in [-0.2, -0.15) is 13.2 Å². The summed E-state index contributed by atoms with van der Waals surface area (Å²) in [5.74, 6) is -3.56. The quantitative estimate of drug-likeness (QED) is 0.192. The molecule has 0 N–H and O–H groups in total. The highest BCUT2D eigenvalue weighted by molar-refractivity contribution is 5.73. The van der Waals surface area contributed by atoms with E-state index in [1.165, 1.54) is 12.1 Å². The molecule has 3 aromatic carbocycles. The number of hydrogen-bond acceptors (Lipinski definition) is 2. The lowest BCUT2D eigenvalue weighted by atomic mass is 10.00. The molecule has 0 aromatic heterocycles. The van der Waals surface area contributed by atoms with Crippen molar-refractivity contribution in [3.63, 3.8) is 0 Å². The number of ether oxygens (including phenoxy) is 2. The Hall–Kier alpha value is -3.68. The zero-order valence-corrected chi connectivity index (χ0v) is 17.3. The van der Waals surface area contributed by atoms with Gasteiger partial charge in [-0.25, -0.2) is 13.2 Å².